The van der Waals surface area contributed by atoms with Gasteiger partial charge in [0.15, 0.2) is 0 Å². The van der Waals surface area contributed by atoms with E-state index in [1.54, 1.807) is 11.4 Å². The molecule has 4 rings (SSSR count). The predicted molar refractivity (Wildman–Crippen MR) is 71.4 cm³/mol. The summed E-state index contributed by atoms with van der Waals surface area (Å²) in [6, 6.07) is 0.259. The van der Waals surface area contributed by atoms with Crippen LogP contribution >= 0.6 is 0 Å². The summed E-state index contributed by atoms with van der Waals surface area (Å²) in [6.07, 6.45) is 6.40. The normalized spacial score (nSPS) is 42.7. The van der Waals surface area contributed by atoms with Gasteiger partial charge in [0.05, 0.1) is 5.75 Å². The molecule has 4 nitrogen and oxygen atoms in total. The average molecular weight is 272 g/mol. The second kappa shape index (κ2) is 4.46. The summed E-state index contributed by atoms with van der Waals surface area (Å²) in [5.74, 6) is 3.08. The van der Waals surface area contributed by atoms with E-state index in [2.05, 4.69) is 0 Å². The van der Waals surface area contributed by atoms with Crippen LogP contribution in [0.2, 0.25) is 0 Å². The SMILES string of the molecule is CN(C1C2CC3CC(C2)CC1C3)S(=O)(=O)CCN. The Kier molecular flexibility index (Phi) is 3.19. The van der Waals surface area contributed by atoms with Gasteiger partial charge >= 0.3 is 0 Å². The Morgan fingerprint density at radius 2 is 1.56 bits per heavy atom. The van der Waals surface area contributed by atoms with Crippen LogP contribution in [0.25, 0.3) is 0 Å². The highest BCUT2D eigenvalue weighted by molar-refractivity contribution is 7.89. The molecule has 0 aromatic rings. The third-order valence-electron chi connectivity index (χ3n) is 5.41. The molecule has 5 heteroatoms. The topological polar surface area (TPSA) is 63.4 Å². The smallest absolute Gasteiger partial charge is 0.215 e. The van der Waals surface area contributed by atoms with Crippen molar-refractivity contribution in [3.8, 4) is 0 Å². The molecule has 4 bridgehead atoms. The van der Waals surface area contributed by atoms with Crippen LogP contribution in [0, 0.1) is 23.7 Å². The van der Waals surface area contributed by atoms with E-state index in [0.29, 0.717) is 11.8 Å². The van der Waals surface area contributed by atoms with Crippen LogP contribution in [0.3, 0.4) is 0 Å². The minimum absolute atomic E-state index is 0.0896. The fourth-order valence-electron chi connectivity index (χ4n) is 4.97. The van der Waals surface area contributed by atoms with E-state index in [0.717, 1.165) is 11.8 Å². The molecular weight excluding hydrogens is 248 g/mol. The first-order valence-electron chi connectivity index (χ1n) is 7.17. The highest BCUT2D eigenvalue weighted by Crippen LogP contribution is 2.55. The molecule has 4 aliphatic rings. The van der Waals surface area contributed by atoms with Gasteiger partial charge in [0.1, 0.15) is 0 Å². The van der Waals surface area contributed by atoms with Crippen LogP contribution < -0.4 is 5.73 Å². The van der Waals surface area contributed by atoms with E-state index in [1.165, 1.54) is 32.1 Å². The molecular formula is C13H24N2O2S. The minimum atomic E-state index is -3.15. The molecule has 18 heavy (non-hydrogen) atoms. The lowest BCUT2D eigenvalue weighted by Gasteiger charge is -2.56. The zero-order valence-electron chi connectivity index (χ0n) is 11.1. The fraction of sp³-hybridized carbons (Fsp3) is 1.00. The minimum Gasteiger partial charge on any atom is -0.329 e. The van der Waals surface area contributed by atoms with Gasteiger partial charge in [-0.3, -0.25) is 0 Å². The molecule has 0 aromatic heterocycles. The van der Waals surface area contributed by atoms with E-state index in [1.807, 2.05) is 0 Å². The van der Waals surface area contributed by atoms with Gasteiger partial charge in [-0.1, -0.05) is 0 Å². The summed E-state index contributed by atoms with van der Waals surface area (Å²) in [6.45, 7) is 0.222. The number of sulfonamides is 1. The summed E-state index contributed by atoms with van der Waals surface area (Å²) in [5, 5.41) is 0. The molecule has 4 aliphatic carbocycles. The molecule has 0 amide bonds. The summed E-state index contributed by atoms with van der Waals surface area (Å²) in [5.41, 5.74) is 5.42. The van der Waals surface area contributed by atoms with Crippen molar-refractivity contribution in [1.82, 2.24) is 4.31 Å². The maximum absolute atomic E-state index is 12.2. The lowest BCUT2D eigenvalue weighted by atomic mass is 9.54. The van der Waals surface area contributed by atoms with Crippen molar-refractivity contribution in [3.05, 3.63) is 0 Å². The molecule has 0 unspecified atom stereocenters. The van der Waals surface area contributed by atoms with Crippen molar-refractivity contribution in [3.63, 3.8) is 0 Å². The van der Waals surface area contributed by atoms with Crippen LogP contribution in [-0.2, 0) is 10.0 Å². The van der Waals surface area contributed by atoms with Crippen LogP contribution in [-0.4, -0.2) is 38.1 Å². The summed E-state index contributed by atoms with van der Waals surface area (Å²) in [4.78, 5) is 0. The van der Waals surface area contributed by atoms with Crippen molar-refractivity contribution in [2.75, 3.05) is 19.3 Å². The van der Waals surface area contributed by atoms with Crippen LogP contribution in [0.4, 0.5) is 0 Å². The van der Waals surface area contributed by atoms with Gasteiger partial charge < -0.3 is 5.73 Å². The maximum Gasteiger partial charge on any atom is 0.215 e. The molecule has 2 N–H and O–H groups in total. The molecule has 0 spiro atoms. The zero-order valence-corrected chi connectivity index (χ0v) is 11.9. The van der Waals surface area contributed by atoms with Gasteiger partial charge in [-0.25, -0.2) is 12.7 Å². The Labute approximate surface area is 110 Å². The van der Waals surface area contributed by atoms with E-state index in [4.69, 9.17) is 5.73 Å². The van der Waals surface area contributed by atoms with E-state index in [-0.39, 0.29) is 18.3 Å². The van der Waals surface area contributed by atoms with Crippen LogP contribution in [0.15, 0.2) is 0 Å². The molecule has 0 heterocycles. The van der Waals surface area contributed by atoms with Crippen molar-refractivity contribution >= 4 is 10.0 Å². The fourth-order valence-corrected chi connectivity index (χ4v) is 6.27. The molecule has 104 valence electrons. The van der Waals surface area contributed by atoms with Gasteiger partial charge in [0.2, 0.25) is 10.0 Å². The number of nitrogens with two attached hydrogens (primary N) is 1. The Balaban J connectivity index is 1.80. The number of hydrogen-bond donors (Lipinski definition) is 1. The average Bonchev–Trinajstić information content (AvgIpc) is 2.27. The number of hydrogen-bond acceptors (Lipinski definition) is 3. The van der Waals surface area contributed by atoms with Gasteiger partial charge in [0, 0.05) is 19.6 Å². The van der Waals surface area contributed by atoms with Gasteiger partial charge in [0.25, 0.3) is 0 Å². The number of nitrogens with zero attached hydrogens (tertiary/aromatic N) is 1. The van der Waals surface area contributed by atoms with Crippen LogP contribution in [0.5, 0.6) is 0 Å². The lowest BCUT2D eigenvalue weighted by molar-refractivity contribution is -0.0350. The highest BCUT2D eigenvalue weighted by atomic mass is 32.2. The first-order chi connectivity index (χ1) is 8.51. The van der Waals surface area contributed by atoms with Gasteiger partial charge in [-0.2, -0.15) is 0 Å². The van der Waals surface area contributed by atoms with E-state index < -0.39 is 10.0 Å². The van der Waals surface area contributed by atoms with Crippen molar-refractivity contribution in [2.24, 2.45) is 29.4 Å². The molecule has 0 saturated heterocycles. The highest BCUT2D eigenvalue weighted by Gasteiger charge is 2.51. The Morgan fingerprint density at radius 1 is 1.06 bits per heavy atom. The van der Waals surface area contributed by atoms with Gasteiger partial charge in [-0.15, -0.1) is 0 Å². The van der Waals surface area contributed by atoms with E-state index >= 15 is 0 Å². The monoisotopic (exact) mass is 272 g/mol. The van der Waals surface area contributed by atoms with Crippen molar-refractivity contribution in [2.45, 2.75) is 38.1 Å². The standard InChI is InChI=1S/C13H24N2O2S/c1-15(18(16,17)3-2-14)13-11-5-9-4-10(7-11)8-12(13)6-9/h9-13H,2-8,14H2,1H3. The lowest BCUT2D eigenvalue weighted by Crippen LogP contribution is -2.56. The molecule has 0 aliphatic heterocycles. The predicted octanol–water partition coefficient (Wildman–Crippen LogP) is 1.03. The van der Waals surface area contributed by atoms with E-state index in [9.17, 15) is 8.42 Å². The Hall–Kier alpha value is -0.130. The number of rotatable bonds is 4. The quantitative estimate of drug-likeness (QED) is 0.831. The third kappa shape index (κ3) is 2.00. The van der Waals surface area contributed by atoms with Crippen molar-refractivity contribution < 1.29 is 8.42 Å². The largest absolute Gasteiger partial charge is 0.329 e. The second-order valence-electron chi connectivity index (χ2n) is 6.54. The molecule has 0 radical (unpaired) electrons. The molecule has 4 saturated carbocycles. The Morgan fingerprint density at radius 3 is 2.00 bits per heavy atom. The maximum atomic E-state index is 12.2. The Bertz CT molecular complexity index is 393. The molecule has 4 fully saturated rings. The zero-order chi connectivity index (χ0) is 12.9. The first-order valence-corrected chi connectivity index (χ1v) is 8.78. The summed E-state index contributed by atoms with van der Waals surface area (Å²) >= 11 is 0. The first kappa shape index (κ1) is 12.9. The third-order valence-corrected chi connectivity index (χ3v) is 7.28. The second-order valence-corrected chi connectivity index (χ2v) is 8.69. The van der Waals surface area contributed by atoms with Crippen LogP contribution in [0.1, 0.15) is 32.1 Å². The summed E-state index contributed by atoms with van der Waals surface area (Å²) < 4.78 is 26.1. The summed E-state index contributed by atoms with van der Waals surface area (Å²) in [7, 11) is -1.37. The molecule has 0 aromatic carbocycles. The molecule has 0 atom stereocenters. The van der Waals surface area contributed by atoms with Crippen molar-refractivity contribution in [1.29, 1.82) is 0 Å². The van der Waals surface area contributed by atoms with Gasteiger partial charge in [-0.05, 0) is 55.8 Å².